The van der Waals surface area contributed by atoms with Gasteiger partial charge in [-0.1, -0.05) is 38.5 Å². The van der Waals surface area contributed by atoms with Crippen LogP contribution in [0.2, 0.25) is 0 Å². The molecule has 4 aliphatic carbocycles. The molecule has 0 radical (unpaired) electrons. The predicted molar refractivity (Wildman–Crippen MR) is 111 cm³/mol. The highest BCUT2D eigenvalue weighted by atomic mass is 15.3. The number of piperidine rings is 1. The first-order valence-electron chi connectivity index (χ1n) is 12.6. The summed E-state index contributed by atoms with van der Waals surface area (Å²) >= 11 is 0. The lowest BCUT2D eigenvalue weighted by Gasteiger charge is -2.54. The Kier molecular flexibility index (Phi) is 4.78. The summed E-state index contributed by atoms with van der Waals surface area (Å²) in [5, 5.41) is 3.84. The second-order valence-corrected chi connectivity index (χ2v) is 10.9. The molecule has 2 aliphatic heterocycles. The smallest absolute Gasteiger partial charge is 0.0252 e. The monoisotopic (exact) mass is 371 g/mol. The van der Waals surface area contributed by atoms with Crippen molar-refractivity contribution in [2.24, 2.45) is 17.8 Å². The summed E-state index contributed by atoms with van der Waals surface area (Å²) in [6.07, 6.45) is 19.6. The summed E-state index contributed by atoms with van der Waals surface area (Å²) in [5.74, 6) is 3.14. The molecular weight excluding hydrogens is 330 g/mol. The van der Waals surface area contributed by atoms with Crippen LogP contribution in [0.1, 0.15) is 83.5 Å². The van der Waals surface area contributed by atoms with Crippen molar-refractivity contribution < 1.29 is 0 Å². The molecule has 6 rings (SSSR count). The van der Waals surface area contributed by atoms with Gasteiger partial charge in [-0.2, -0.15) is 0 Å². The van der Waals surface area contributed by atoms with Gasteiger partial charge < -0.3 is 5.32 Å². The van der Waals surface area contributed by atoms with E-state index in [0.29, 0.717) is 0 Å². The number of likely N-dealkylation sites (tertiary alicyclic amines) is 1. The standard InChI is InChI=1S/C24H41N3/c1-5-17-6-2-10-21(18(17)7-1)26-15-13-23(19-8-3-11-22(19)26)27-16-14-25-20-9-4-12-24(20)27/h17-25H,1-16H2. The maximum Gasteiger partial charge on any atom is 0.0252 e. The van der Waals surface area contributed by atoms with Crippen molar-refractivity contribution in [3.63, 3.8) is 0 Å². The fraction of sp³-hybridized carbons (Fsp3) is 1.00. The van der Waals surface area contributed by atoms with Gasteiger partial charge in [-0.05, 0) is 62.7 Å². The summed E-state index contributed by atoms with van der Waals surface area (Å²) in [4.78, 5) is 6.15. The molecule has 2 heterocycles. The Labute approximate surface area is 166 Å². The minimum absolute atomic E-state index is 0.814. The second kappa shape index (κ2) is 7.29. The van der Waals surface area contributed by atoms with Crippen molar-refractivity contribution in [3.05, 3.63) is 0 Å². The van der Waals surface area contributed by atoms with E-state index in [4.69, 9.17) is 0 Å². The number of hydrogen-bond donors (Lipinski definition) is 1. The van der Waals surface area contributed by atoms with Gasteiger partial charge in [-0.15, -0.1) is 0 Å². The van der Waals surface area contributed by atoms with E-state index in [-0.39, 0.29) is 0 Å². The fourth-order valence-corrected chi connectivity index (χ4v) is 8.99. The highest BCUT2D eigenvalue weighted by molar-refractivity contribution is 5.05. The lowest BCUT2D eigenvalue weighted by Crippen LogP contribution is -2.64. The quantitative estimate of drug-likeness (QED) is 0.791. The molecule has 3 nitrogen and oxygen atoms in total. The summed E-state index contributed by atoms with van der Waals surface area (Å²) in [6.45, 7) is 3.98. The second-order valence-electron chi connectivity index (χ2n) is 10.9. The highest BCUT2D eigenvalue weighted by Gasteiger charge is 2.50. The van der Waals surface area contributed by atoms with Crippen LogP contribution < -0.4 is 5.32 Å². The van der Waals surface area contributed by atoms with E-state index in [1.807, 2.05) is 0 Å². The van der Waals surface area contributed by atoms with Crippen LogP contribution in [0.25, 0.3) is 0 Å². The van der Waals surface area contributed by atoms with Crippen LogP contribution in [0.3, 0.4) is 0 Å². The Balaban J connectivity index is 1.21. The average molecular weight is 372 g/mol. The van der Waals surface area contributed by atoms with Gasteiger partial charge in [0.2, 0.25) is 0 Å². The minimum Gasteiger partial charge on any atom is -0.311 e. The van der Waals surface area contributed by atoms with Crippen molar-refractivity contribution >= 4 is 0 Å². The lowest BCUT2D eigenvalue weighted by molar-refractivity contribution is -0.0473. The molecule has 0 amide bonds. The van der Waals surface area contributed by atoms with Crippen molar-refractivity contribution in [1.29, 1.82) is 0 Å². The number of rotatable bonds is 2. The fourth-order valence-electron chi connectivity index (χ4n) is 8.99. The number of fused-ring (bicyclic) bond motifs is 3. The zero-order valence-corrected chi connectivity index (χ0v) is 17.3. The van der Waals surface area contributed by atoms with Gasteiger partial charge in [0.05, 0.1) is 0 Å². The maximum absolute atomic E-state index is 3.84. The van der Waals surface area contributed by atoms with E-state index in [9.17, 15) is 0 Å². The van der Waals surface area contributed by atoms with Crippen molar-refractivity contribution in [3.8, 4) is 0 Å². The van der Waals surface area contributed by atoms with Gasteiger partial charge in [0.1, 0.15) is 0 Å². The summed E-state index contributed by atoms with van der Waals surface area (Å²) in [5.41, 5.74) is 0. The van der Waals surface area contributed by atoms with E-state index in [1.165, 1.54) is 83.8 Å². The maximum atomic E-state index is 3.84. The Morgan fingerprint density at radius 3 is 2.07 bits per heavy atom. The third-order valence-corrected chi connectivity index (χ3v) is 9.96. The van der Waals surface area contributed by atoms with Gasteiger partial charge in [-0.25, -0.2) is 0 Å². The largest absolute Gasteiger partial charge is 0.311 e. The van der Waals surface area contributed by atoms with E-state index in [1.54, 1.807) is 19.3 Å². The number of nitrogens with one attached hydrogen (secondary N) is 1. The first-order valence-corrected chi connectivity index (χ1v) is 12.6. The van der Waals surface area contributed by atoms with Gasteiger partial charge in [-0.3, -0.25) is 9.80 Å². The Hall–Kier alpha value is -0.120. The Morgan fingerprint density at radius 2 is 1.15 bits per heavy atom. The van der Waals surface area contributed by atoms with Gasteiger partial charge in [0.25, 0.3) is 0 Å². The molecule has 0 aromatic heterocycles. The van der Waals surface area contributed by atoms with Crippen LogP contribution in [0.4, 0.5) is 0 Å². The molecule has 6 fully saturated rings. The molecule has 1 N–H and O–H groups in total. The van der Waals surface area contributed by atoms with Crippen molar-refractivity contribution in [2.75, 3.05) is 19.6 Å². The van der Waals surface area contributed by atoms with Crippen LogP contribution in [-0.2, 0) is 0 Å². The van der Waals surface area contributed by atoms with Gasteiger partial charge in [0, 0.05) is 49.8 Å². The minimum atomic E-state index is 0.814. The van der Waals surface area contributed by atoms with Crippen molar-refractivity contribution in [2.45, 2.75) is 114 Å². The number of nitrogens with zero attached hydrogens (tertiary/aromatic N) is 2. The lowest BCUT2D eigenvalue weighted by atomic mass is 9.74. The van der Waals surface area contributed by atoms with Crippen LogP contribution in [0.15, 0.2) is 0 Å². The Morgan fingerprint density at radius 1 is 0.519 bits per heavy atom. The summed E-state index contributed by atoms with van der Waals surface area (Å²) in [7, 11) is 0. The van der Waals surface area contributed by atoms with Gasteiger partial charge >= 0.3 is 0 Å². The van der Waals surface area contributed by atoms with Gasteiger partial charge in [0.15, 0.2) is 0 Å². The van der Waals surface area contributed by atoms with E-state index >= 15 is 0 Å². The molecule has 0 bridgehead atoms. The molecule has 6 aliphatic rings. The van der Waals surface area contributed by atoms with Crippen LogP contribution >= 0.6 is 0 Å². The summed E-state index contributed by atoms with van der Waals surface area (Å²) in [6, 6.07) is 4.48. The molecule has 8 unspecified atom stereocenters. The highest BCUT2D eigenvalue weighted by Crippen LogP contribution is 2.49. The third kappa shape index (κ3) is 2.94. The van der Waals surface area contributed by atoms with Crippen LogP contribution in [0.5, 0.6) is 0 Å². The molecule has 0 aromatic carbocycles. The molecule has 4 saturated carbocycles. The van der Waals surface area contributed by atoms with E-state index in [0.717, 1.165) is 48.0 Å². The first-order chi connectivity index (χ1) is 13.4. The zero-order valence-electron chi connectivity index (χ0n) is 17.3. The molecule has 8 atom stereocenters. The molecule has 152 valence electrons. The van der Waals surface area contributed by atoms with Crippen LogP contribution in [0, 0.1) is 17.8 Å². The SMILES string of the molecule is C1CC2CCCC(N3CCC(N4CCNC5CCCC54)C4CCCC43)C2C1. The molecular formula is C24H41N3. The van der Waals surface area contributed by atoms with E-state index in [2.05, 4.69) is 15.1 Å². The third-order valence-electron chi connectivity index (χ3n) is 9.96. The van der Waals surface area contributed by atoms with Crippen LogP contribution in [-0.4, -0.2) is 59.6 Å². The normalized spacial score (nSPS) is 51.1. The average Bonchev–Trinajstić information content (AvgIpc) is 3.46. The first kappa shape index (κ1) is 17.7. The molecule has 2 saturated heterocycles. The molecule has 0 aromatic rings. The Bertz CT molecular complexity index is 490. The number of hydrogen-bond acceptors (Lipinski definition) is 3. The zero-order chi connectivity index (χ0) is 17.8. The number of piperazine rings is 1. The topological polar surface area (TPSA) is 18.5 Å². The van der Waals surface area contributed by atoms with E-state index < -0.39 is 0 Å². The van der Waals surface area contributed by atoms with Crippen molar-refractivity contribution in [1.82, 2.24) is 15.1 Å². The molecule has 3 heteroatoms. The molecule has 0 spiro atoms. The molecule has 27 heavy (non-hydrogen) atoms. The summed E-state index contributed by atoms with van der Waals surface area (Å²) < 4.78 is 0. The predicted octanol–water partition coefficient (Wildman–Crippen LogP) is 4.02.